The lowest BCUT2D eigenvalue weighted by Gasteiger charge is -2.36. The van der Waals surface area contributed by atoms with Gasteiger partial charge in [0, 0.05) is 44.8 Å². The van der Waals surface area contributed by atoms with Gasteiger partial charge in [-0.05, 0) is 44.0 Å². The highest BCUT2D eigenvalue weighted by Crippen LogP contribution is 2.28. The van der Waals surface area contributed by atoms with Crippen LogP contribution in [0.15, 0.2) is 36.4 Å². The second-order valence-corrected chi connectivity index (χ2v) is 7.57. The number of piperazine rings is 1. The standard InChI is InChI=1S/C23H31N3O2/c1-17-15-18(2)23(19(3)16-17)24-22(27)9-10-25-11-13-26(14-12-25)20-7-5-6-8-21(20)28-4/h5-8,15-16H,9-14H2,1-4H3,(H,24,27). The Morgan fingerprint density at radius 1 is 1.04 bits per heavy atom. The van der Waals surface area contributed by atoms with Gasteiger partial charge in [-0.2, -0.15) is 0 Å². The fourth-order valence-electron chi connectivity index (χ4n) is 3.94. The van der Waals surface area contributed by atoms with Gasteiger partial charge in [-0.15, -0.1) is 0 Å². The van der Waals surface area contributed by atoms with E-state index in [0.717, 1.165) is 61.0 Å². The fourth-order valence-corrected chi connectivity index (χ4v) is 3.94. The molecule has 0 aromatic heterocycles. The third-order valence-electron chi connectivity index (χ3n) is 5.39. The molecule has 1 aliphatic heterocycles. The van der Waals surface area contributed by atoms with Crippen LogP contribution in [-0.2, 0) is 4.79 Å². The number of rotatable bonds is 6. The van der Waals surface area contributed by atoms with Crippen LogP contribution in [0.4, 0.5) is 11.4 Å². The summed E-state index contributed by atoms with van der Waals surface area (Å²) in [5.74, 6) is 1.00. The highest BCUT2D eigenvalue weighted by molar-refractivity contribution is 5.92. The summed E-state index contributed by atoms with van der Waals surface area (Å²) < 4.78 is 5.48. The average molecular weight is 382 g/mol. The summed E-state index contributed by atoms with van der Waals surface area (Å²) in [6.07, 6.45) is 0.515. The average Bonchev–Trinajstić information content (AvgIpc) is 2.69. The van der Waals surface area contributed by atoms with Crippen molar-refractivity contribution in [1.29, 1.82) is 0 Å². The predicted octanol–water partition coefficient (Wildman–Crippen LogP) is 3.77. The van der Waals surface area contributed by atoms with Crippen molar-refractivity contribution in [2.24, 2.45) is 0 Å². The Bertz CT molecular complexity index is 803. The van der Waals surface area contributed by atoms with Crippen LogP contribution in [0.2, 0.25) is 0 Å². The molecule has 0 bridgehead atoms. The van der Waals surface area contributed by atoms with Crippen molar-refractivity contribution in [3.05, 3.63) is 53.1 Å². The molecular weight excluding hydrogens is 350 g/mol. The van der Waals surface area contributed by atoms with Crippen LogP contribution in [0.25, 0.3) is 0 Å². The fraction of sp³-hybridized carbons (Fsp3) is 0.435. The SMILES string of the molecule is COc1ccccc1N1CCN(CCC(=O)Nc2c(C)cc(C)cc2C)CC1. The van der Waals surface area contributed by atoms with Crippen LogP contribution in [0.1, 0.15) is 23.1 Å². The molecule has 1 N–H and O–H groups in total. The molecule has 1 heterocycles. The van der Waals surface area contributed by atoms with E-state index in [4.69, 9.17) is 4.74 Å². The lowest BCUT2D eigenvalue weighted by Crippen LogP contribution is -2.47. The van der Waals surface area contributed by atoms with Gasteiger partial charge in [0.25, 0.3) is 0 Å². The number of anilines is 2. The van der Waals surface area contributed by atoms with Gasteiger partial charge in [0.15, 0.2) is 0 Å². The van der Waals surface area contributed by atoms with E-state index in [-0.39, 0.29) is 5.91 Å². The van der Waals surface area contributed by atoms with Crippen LogP contribution in [0.3, 0.4) is 0 Å². The number of nitrogens with one attached hydrogen (secondary N) is 1. The van der Waals surface area contributed by atoms with Crippen molar-refractivity contribution < 1.29 is 9.53 Å². The molecule has 0 atom stereocenters. The van der Waals surface area contributed by atoms with Gasteiger partial charge in [0.2, 0.25) is 5.91 Å². The quantitative estimate of drug-likeness (QED) is 0.827. The first-order valence-corrected chi connectivity index (χ1v) is 9.96. The van der Waals surface area contributed by atoms with E-state index in [9.17, 15) is 4.79 Å². The molecule has 2 aromatic carbocycles. The Kier molecular flexibility index (Phi) is 6.57. The molecule has 0 spiro atoms. The predicted molar refractivity (Wildman–Crippen MR) is 116 cm³/mol. The monoisotopic (exact) mass is 381 g/mol. The summed E-state index contributed by atoms with van der Waals surface area (Å²) >= 11 is 0. The molecule has 1 saturated heterocycles. The maximum absolute atomic E-state index is 12.4. The third kappa shape index (κ3) is 4.84. The van der Waals surface area contributed by atoms with Gasteiger partial charge in [-0.25, -0.2) is 0 Å². The molecule has 1 aliphatic rings. The number of carbonyl (C=O) groups is 1. The summed E-state index contributed by atoms with van der Waals surface area (Å²) in [5, 5.41) is 3.10. The number of ether oxygens (including phenoxy) is 1. The van der Waals surface area contributed by atoms with Crippen molar-refractivity contribution in [3.63, 3.8) is 0 Å². The molecule has 2 aromatic rings. The number of amides is 1. The zero-order valence-corrected chi connectivity index (χ0v) is 17.4. The van der Waals surface area contributed by atoms with Crippen LogP contribution >= 0.6 is 0 Å². The van der Waals surface area contributed by atoms with Crippen molar-refractivity contribution >= 4 is 17.3 Å². The Labute approximate surface area is 168 Å². The van der Waals surface area contributed by atoms with E-state index in [1.807, 2.05) is 32.0 Å². The number of carbonyl (C=O) groups excluding carboxylic acids is 1. The van der Waals surface area contributed by atoms with Gasteiger partial charge < -0.3 is 15.0 Å². The lowest BCUT2D eigenvalue weighted by atomic mass is 10.0. The molecule has 0 radical (unpaired) electrons. The first kappa shape index (κ1) is 20.2. The molecular formula is C23H31N3O2. The van der Waals surface area contributed by atoms with Gasteiger partial charge in [0.05, 0.1) is 12.8 Å². The van der Waals surface area contributed by atoms with E-state index in [0.29, 0.717) is 6.42 Å². The van der Waals surface area contributed by atoms with Crippen LogP contribution < -0.4 is 15.0 Å². The molecule has 28 heavy (non-hydrogen) atoms. The first-order valence-electron chi connectivity index (χ1n) is 9.96. The molecule has 1 fully saturated rings. The van der Waals surface area contributed by atoms with E-state index in [1.54, 1.807) is 7.11 Å². The minimum absolute atomic E-state index is 0.0854. The van der Waals surface area contributed by atoms with Gasteiger partial charge >= 0.3 is 0 Å². The Balaban J connectivity index is 1.48. The molecule has 1 amide bonds. The summed E-state index contributed by atoms with van der Waals surface area (Å²) in [6.45, 7) is 10.8. The number of nitrogens with zero attached hydrogens (tertiary/aromatic N) is 2. The van der Waals surface area contributed by atoms with Gasteiger partial charge in [-0.1, -0.05) is 29.8 Å². The van der Waals surface area contributed by atoms with Gasteiger partial charge in [0.1, 0.15) is 5.75 Å². The Morgan fingerprint density at radius 3 is 2.32 bits per heavy atom. The highest BCUT2D eigenvalue weighted by atomic mass is 16.5. The summed E-state index contributed by atoms with van der Waals surface area (Å²) in [7, 11) is 1.71. The number of para-hydroxylation sites is 2. The molecule has 3 rings (SSSR count). The molecule has 0 aliphatic carbocycles. The topological polar surface area (TPSA) is 44.8 Å². The zero-order chi connectivity index (χ0) is 20.1. The third-order valence-corrected chi connectivity index (χ3v) is 5.39. The van der Waals surface area contributed by atoms with E-state index in [2.05, 4.69) is 40.2 Å². The number of aryl methyl sites for hydroxylation is 3. The summed E-state index contributed by atoms with van der Waals surface area (Å²) in [4.78, 5) is 17.2. The maximum Gasteiger partial charge on any atom is 0.225 e. The van der Waals surface area contributed by atoms with Crippen LogP contribution in [0, 0.1) is 20.8 Å². The number of methoxy groups -OCH3 is 1. The second kappa shape index (κ2) is 9.11. The Hall–Kier alpha value is -2.53. The van der Waals surface area contributed by atoms with Crippen molar-refractivity contribution in [3.8, 4) is 5.75 Å². The lowest BCUT2D eigenvalue weighted by molar-refractivity contribution is -0.116. The highest BCUT2D eigenvalue weighted by Gasteiger charge is 2.20. The number of hydrogen-bond acceptors (Lipinski definition) is 4. The smallest absolute Gasteiger partial charge is 0.225 e. The van der Waals surface area contributed by atoms with E-state index in [1.165, 1.54) is 5.56 Å². The summed E-state index contributed by atoms with van der Waals surface area (Å²) in [5.41, 5.74) is 5.57. The molecule has 150 valence electrons. The second-order valence-electron chi connectivity index (χ2n) is 7.57. The largest absolute Gasteiger partial charge is 0.495 e. The van der Waals surface area contributed by atoms with Crippen molar-refractivity contribution in [2.45, 2.75) is 27.2 Å². The van der Waals surface area contributed by atoms with Gasteiger partial charge in [-0.3, -0.25) is 9.69 Å². The Morgan fingerprint density at radius 2 is 1.68 bits per heavy atom. The van der Waals surface area contributed by atoms with Crippen LogP contribution in [-0.4, -0.2) is 50.6 Å². The molecule has 5 heteroatoms. The normalized spacial score (nSPS) is 14.8. The molecule has 5 nitrogen and oxygen atoms in total. The van der Waals surface area contributed by atoms with Crippen LogP contribution in [0.5, 0.6) is 5.75 Å². The van der Waals surface area contributed by atoms with Crippen molar-refractivity contribution in [1.82, 2.24) is 4.90 Å². The van der Waals surface area contributed by atoms with Crippen molar-refractivity contribution in [2.75, 3.05) is 50.1 Å². The minimum Gasteiger partial charge on any atom is -0.495 e. The van der Waals surface area contributed by atoms with E-state index >= 15 is 0 Å². The number of benzene rings is 2. The van der Waals surface area contributed by atoms with E-state index < -0.39 is 0 Å². The first-order chi connectivity index (χ1) is 13.5. The minimum atomic E-state index is 0.0854. The molecule has 0 saturated carbocycles. The number of hydrogen-bond donors (Lipinski definition) is 1. The zero-order valence-electron chi connectivity index (χ0n) is 17.4. The molecule has 0 unspecified atom stereocenters. The maximum atomic E-state index is 12.4. The summed E-state index contributed by atoms with van der Waals surface area (Å²) in [6, 6.07) is 12.4.